The first-order chi connectivity index (χ1) is 3.56. The maximum atomic E-state index is 2.37. The van der Waals surface area contributed by atoms with E-state index in [1.807, 2.05) is 0 Å². The number of hydrogen-bond donors (Lipinski definition) is 0. The summed E-state index contributed by atoms with van der Waals surface area (Å²) in [6, 6.07) is 2.37. The summed E-state index contributed by atoms with van der Waals surface area (Å²) in [5.74, 6) is 0. The van der Waals surface area contributed by atoms with Gasteiger partial charge in [-0.25, -0.2) is 0 Å². The van der Waals surface area contributed by atoms with E-state index in [1.165, 1.54) is 23.1 Å². The summed E-state index contributed by atoms with van der Waals surface area (Å²) < 4.78 is 0. The summed E-state index contributed by atoms with van der Waals surface area (Å²) in [6.45, 7) is 6.87. The second-order valence-corrected chi connectivity index (χ2v) is 4.32. The van der Waals surface area contributed by atoms with Crippen LogP contribution in [0.4, 0.5) is 0 Å². The minimum Gasteiger partial charge on any atom is -0.0602 e. The third kappa shape index (κ3) is 6.22. The van der Waals surface area contributed by atoms with Crippen LogP contribution in [0.5, 0.6) is 0 Å². The second kappa shape index (κ2) is 3.28. The average molecular weight is 129 g/mol. The van der Waals surface area contributed by atoms with Gasteiger partial charge in [-0.3, -0.25) is 0 Å². The molecule has 0 rings (SSSR count). The fraction of sp³-hybridized carbons (Fsp3) is 0.857. The highest BCUT2D eigenvalue weighted by Gasteiger charge is 2.07. The van der Waals surface area contributed by atoms with E-state index in [-0.39, 0.29) is 0 Å². The molecule has 0 aromatic heterocycles. The molecule has 49 valence electrons. The van der Waals surface area contributed by atoms with Crippen molar-refractivity contribution in [3.8, 4) is 0 Å². The lowest BCUT2D eigenvalue weighted by Crippen LogP contribution is -2.03. The average Bonchev–Trinajstić information content (AvgIpc) is 1.59. The van der Waals surface area contributed by atoms with E-state index in [1.54, 1.807) is 0 Å². The summed E-state index contributed by atoms with van der Waals surface area (Å²) in [7, 11) is 1.26. The molecule has 8 heavy (non-hydrogen) atoms. The van der Waals surface area contributed by atoms with Crippen LogP contribution in [0.15, 0.2) is 0 Å². The van der Waals surface area contributed by atoms with Crippen molar-refractivity contribution in [3.63, 3.8) is 0 Å². The van der Waals surface area contributed by atoms with Gasteiger partial charge in [0.15, 0.2) is 0 Å². The van der Waals surface area contributed by atoms with E-state index in [9.17, 15) is 0 Å². The topological polar surface area (TPSA) is 0 Å². The largest absolute Gasteiger partial charge is 0.0602 e. The minimum atomic E-state index is 0.543. The van der Waals surface area contributed by atoms with Gasteiger partial charge in [0.25, 0.3) is 0 Å². The Balaban J connectivity index is 3.11. The quantitative estimate of drug-likeness (QED) is 0.494. The van der Waals surface area contributed by atoms with Gasteiger partial charge in [0.05, 0.1) is 0 Å². The molecule has 0 aromatic carbocycles. The van der Waals surface area contributed by atoms with Crippen LogP contribution in [-0.4, -0.2) is 10.2 Å². The Labute approximate surface area is 56.1 Å². The summed E-state index contributed by atoms with van der Waals surface area (Å²) in [5.41, 5.74) is 0.543. The Bertz CT molecular complexity index is 51.9. The lowest BCUT2D eigenvalue weighted by molar-refractivity contribution is 0.379. The van der Waals surface area contributed by atoms with Gasteiger partial charge in [-0.1, -0.05) is 33.2 Å². The SMILES string of the molecule is CC(C)(C)CC[CH][SiH3]. The first-order valence-electron chi connectivity index (χ1n) is 3.34. The zero-order valence-electron chi connectivity index (χ0n) is 6.49. The van der Waals surface area contributed by atoms with Crippen LogP contribution >= 0.6 is 0 Å². The summed E-state index contributed by atoms with van der Waals surface area (Å²) >= 11 is 0. The van der Waals surface area contributed by atoms with Gasteiger partial charge in [0.2, 0.25) is 0 Å². The van der Waals surface area contributed by atoms with Gasteiger partial charge in [-0.05, 0) is 11.8 Å². The molecule has 0 aliphatic carbocycles. The van der Waals surface area contributed by atoms with Crippen LogP contribution in [0, 0.1) is 11.5 Å². The predicted octanol–water partition coefficient (Wildman–Crippen LogP) is 1.34. The third-order valence-electron chi connectivity index (χ3n) is 1.18. The smallest absolute Gasteiger partial charge is 0.00667 e. The molecular formula is C7H17Si. The van der Waals surface area contributed by atoms with Crippen LogP contribution in [0.1, 0.15) is 33.6 Å². The molecule has 0 fully saturated rings. The predicted molar refractivity (Wildman–Crippen MR) is 42.9 cm³/mol. The summed E-state index contributed by atoms with van der Waals surface area (Å²) in [5, 5.41) is 0. The molecule has 0 aliphatic rings. The maximum absolute atomic E-state index is 2.37. The minimum absolute atomic E-state index is 0.543. The van der Waals surface area contributed by atoms with Crippen LogP contribution < -0.4 is 0 Å². The van der Waals surface area contributed by atoms with Crippen molar-refractivity contribution in [1.82, 2.24) is 0 Å². The van der Waals surface area contributed by atoms with Crippen LogP contribution in [0.2, 0.25) is 0 Å². The maximum Gasteiger partial charge on any atom is 0.00667 e. The lowest BCUT2D eigenvalue weighted by atomic mass is 9.91. The molecule has 1 radical (unpaired) electrons. The lowest BCUT2D eigenvalue weighted by Gasteiger charge is -2.16. The first-order valence-corrected chi connectivity index (χ1v) is 4.49. The van der Waals surface area contributed by atoms with Gasteiger partial charge in [-0.15, -0.1) is 0 Å². The van der Waals surface area contributed by atoms with E-state index in [0.29, 0.717) is 5.41 Å². The molecule has 0 unspecified atom stereocenters. The van der Waals surface area contributed by atoms with Crippen LogP contribution in [0.25, 0.3) is 0 Å². The van der Waals surface area contributed by atoms with Gasteiger partial charge in [0, 0.05) is 10.2 Å². The molecule has 0 amide bonds. The summed E-state index contributed by atoms with van der Waals surface area (Å²) in [6.07, 6.45) is 2.66. The standard InChI is InChI=1S/C7H17Si/c1-7(2,3)5-4-6-8/h6H,4-5H2,1-3,8H3. The molecule has 0 aromatic rings. The molecule has 0 spiro atoms. The molecule has 0 N–H and O–H groups in total. The third-order valence-corrected chi connectivity index (χ3v) is 1.76. The molecule has 0 bridgehead atoms. The van der Waals surface area contributed by atoms with Crippen LogP contribution in [-0.2, 0) is 0 Å². The highest BCUT2D eigenvalue weighted by atomic mass is 28.1. The van der Waals surface area contributed by atoms with Gasteiger partial charge >= 0.3 is 0 Å². The van der Waals surface area contributed by atoms with Crippen molar-refractivity contribution in [2.45, 2.75) is 33.6 Å². The van der Waals surface area contributed by atoms with Gasteiger partial charge in [-0.2, -0.15) is 0 Å². The number of hydrogen-bond acceptors (Lipinski definition) is 0. The Morgan fingerprint density at radius 3 is 2.00 bits per heavy atom. The molecule has 0 aliphatic heterocycles. The monoisotopic (exact) mass is 129 g/mol. The summed E-state index contributed by atoms with van der Waals surface area (Å²) in [4.78, 5) is 0. The van der Waals surface area contributed by atoms with E-state index in [2.05, 4.69) is 26.8 Å². The molecule has 1 heteroatoms. The molecule has 0 heterocycles. The van der Waals surface area contributed by atoms with Crippen LogP contribution in [0.3, 0.4) is 0 Å². The molecule has 0 atom stereocenters. The Kier molecular flexibility index (Phi) is 3.37. The zero-order chi connectivity index (χ0) is 6.62. The molecular weight excluding hydrogens is 112 g/mol. The molecule has 0 saturated heterocycles. The fourth-order valence-corrected chi connectivity index (χ4v) is 0.866. The zero-order valence-corrected chi connectivity index (χ0v) is 8.49. The Morgan fingerprint density at radius 1 is 1.38 bits per heavy atom. The highest BCUT2D eigenvalue weighted by molar-refractivity contribution is 6.14. The van der Waals surface area contributed by atoms with E-state index in [0.717, 1.165) is 0 Å². The highest BCUT2D eigenvalue weighted by Crippen LogP contribution is 2.20. The van der Waals surface area contributed by atoms with E-state index >= 15 is 0 Å². The van der Waals surface area contributed by atoms with Crippen molar-refractivity contribution in [1.29, 1.82) is 0 Å². The van der Waals surface area contributed by atoms with Crippen molar-refractivity contribution < 1.29 is 0 Å². The van der Waals surface area contributed by atoms with E-state index < -0.39 is 0 Å². The van der Waals surface area contributed by atoms with Gasteiger partial charge in [0.1, 0.15) is 0 Å². The Hall–Kier alpha value is 0.217. The Morgan fingerprint density at radius 2 is 1.88 bits per heavy atom. The van der Waals surface area contributed by atoms with Crippen molar-refractivity contribution in [3.05, 3.63) is 6.04 Å². The second-order valence-electron chi connectivity index (χ2n) is 3.51. The fourth-order valence-electron chi connectivity index (χ4n) is 0.577. The first kappa shape index (κ1) is 8.22. The van der Waals surface area contributed by atoms with Gasteiger partial charge < -0.3 is 0 Å². The van der Waals surface area contributed by atoms with E-state index in [4.69, 9.17) is 0 Å². The van der Waals surface area contributed by atoms with Crippen molar-refractivity contribution in [2.24, 2.45) is 5.41 Å². The normalized spacial score (nSPS) is 12.4. The molecule has 0 nitrogen and oxygen atoms in total. The molecule has 0 saturated carbocycles. The van der Waals surface area contributed by atoms with Crippen molar-refractivity contribution >= 4 is 10.2 Å². The number of rotatable bonds is 2. The van der Waals surface area contributed by atoms with Crippen molar-refractivity contribution in [2.75, 3.05) is 0 Å².